The molecule has 0 aromatic heterocycles. The van der Waals surface area contributed by atoms with Crippen LogP contribution in [0.3, 0.4) is 0 Å². The molecular formula is C10H21NOS. The van der Waals surface area contributed by atoms with Gasteiger partial charge in [-0.3, -0.25) is 4.90 Å². The quantitative estimate of drug-likeness (QED) is 0.428. The molecule has 0 aromatic rings. The van der Waals surface area contributed by atoms with Crippen LogP contribution >= 0.6 is 12.9 Å². The van der Waals surface area contributed by atoms with Gasteiger partial charge in [0.25, 0.3) is 0 Å². The van der Waals surface area contributed by atoms with Gasteiger partial charge >= 0.3 is 0 Å². The Labute approximate surface area is 87.3 Å². The number of hydrogen-bond acceptors (Lipinski definition) is 3. The molecule has 1 heterocycles. The van der Waals surface area contributed by atoms with Gasteiger partial charge in [0.05, 0.1) is 6.61 Å². The van der Waals surface area contributed by atoms with Crippen LogP contribution in [0.5, 0.6) is 0 Å². The van der Waals surface area contributed by atoms with Gasteiger partial charge in [0.1, 0.15) is 0 Å². The highest BCUT2D eigenvalue weighted by Gasteiger charge is 2.23. The fourth-order valence-electron chi connectivity index (χ4n) is 2.23. The smallest absolute Gasteiger partial charge is 0.0622 e. The van der Waals surface area contributed by atoms with E-state index in [0.29, 0.717) is 0 Å². The van der Waals surface area contributed by atoms with Crippen molar-refractivity contribution in [2.75, 3.05) is 13.2 Å². The van der Waals surface area contributed by atoms with E-state index in [2.05, 4.69) is 31.7 Å². The van der Waals surface area contributed by atoms with E-state index in [0.717, 1.165) is 31.7 Å². The van der Waals surface area contributed by atoms with Crippen LogP contribution in [-0.4, -0.2) is 30.1 Å². The van der Waals surface area contributed by atoms with Crippen LogP contribution in [0, 0.1) is 0 Å². The Hall–Kier alpha value is 0.270. The van der Waals surface area contributed by atoms with Crippen LogP contribution in [0.25, 0.3) is 0 Å². The second-order valence-corrected chi connectivity index (χ2v) is 4.31. The van der Waals surface area contributed by atoms with Crippen molar-refractivity contribution in [3.63, 3.8) is 0 Å². The molecule has 0 unspecified atom stereocenters. The predicted octanol–water partition coefficient (Wildman–Crippen LogP) is 2.50. The van der Waals surface area contributed by atoms with Crippen molar-refractivity contribution in [2.45, 2.75) is 51.6 Å². The number of piperidine rings is 1. The summed E-state index contributed by atoms with van der Waals surface area (Å²) < 4.78 is 4.77. The van der Waals surface area contributed by atoms with Gasteiger partial charge in [-0.2, -0.15) is 0 Å². The molecule has 2 nitrogen and oxygen atoms in total. The molecule has 0 spiro atoms. The maximum absolute atomic E-state index is 4.77. The number of hydrogen-bond donors (Lipinski definition) is 1. The first-order valence-corrected chi connectivity index (χ1v) is 5.64. The summed E-state index contributed by atoms with van der Waals surface area (Å²) in [6, 6.07) is 1.51. The lowest BCUT2D eigenvalue weighted by atomic mass is 9.97. The molecule has 0 N–H and O–H groups in total. The first-order chi connectivity index (χ1) is 6.25. The first kappa shape index (κ1) is 11.3. The minimum atomic E-state index is 0.753. The molecule has 0 radical (unpaired) electrons. The van der Waals surface area contributed by atoms with Crippen molar-refractivity contribution in [3.05, 3.63) is 0 Å². The van der Waals surface area contributed by atoms with E-state index in [1.807, 2.05) is 0 Å². The molecule has 1 fully saturated rings. The van der Waals surface area contributed by atoms with Crippen LogP contribution in [0.4, 0.5) is 0 Å². The molecule has 0 aliphatic carbocycles. The summed E-state index contributed by atoms with van der Waals surface area (Å²) in [5.74, 6) is 0. The third-order valence-electron chi connectivity index (χ3n) is 3.03. The fraction of sp³-hybridized carbons (Fsp3) is 1.00. The van der Waals surface area contributed by atoms with Crippen molar-refractivity contribution in [3.8, 4) is 0 Å². The van der Waals surface area contributed by atoms with E-state index in [1.54, 1.807) is 0 Å². The van der Waals surface area contributed by atoms with Crippen LogP contribution in [0.2, 0.25) is 0 Å². The van der Waals surface area contributed by atoms with Gasteiger partial charge in [-0.05, 0) is 46.0 Å². The highest BCUT2D eigenvalue weighted by molar-refractivity contribution is 7.75. The molecule has 1 aliphatic rings. The summed E-state index contributed by atoms with van der Waals surface area (Å²) in [5.41, 5.74) is 0. The van der Waals surface area contributed by atoms with Gasteiger partial charge in [0.15, 0.2) is 0 Å². The molecule has 78 valence electrons. The number of likely N-dealkylation sites (tertiary alicyclic amines) is 1. The van der Waals surface area contributed by atoms with Crippen LogP contribution in [-0.2, 0) is 4.18 Å². The number of nitrogens with zero attached hydrogens (tertiary/aromatic N) is 1. The summed E-state index contributed by atoms with van der Waals surface area (Å²) in [6.45, 7) is 6.58. The van der Waals surface area contributed by atoms with Crippen LogP contribution in [0.15, 0.2) is 0 Å². The lowest BCUT2D eigenvalue weighted by molar-refractivity contribution is 0.0976. The average Bonchev–Trinajstić information content (AvgIpc) is 2.10. The van der Waals surface area contributed by atoms with E-state index in [4.69, 9.17) is 4.18 Å². The maximum Gasteiger partial charge on any atom is 0.0622 e. The van der Waals surface area contributed by atoms with Crippen LogP contribution < -0.4 is 0 Å². The van der Waals surface area contributed by atoms with Crippen molar-refractivity contribution < 1.29 is 4.18 Å². The lowest BCUT2D eigenvalue weighted by Crippen LogP contribution is -2.44. The number of rotatable bonds is 4. The molecule has 2 atom stereocenters. The summed E-state index contributed by atoms with van der Waals surface area (Å²) in [7, 11) is 0. The van der Waals surface area contributed by atoms with Crippen molar-refractivity contribution in [1.29, 1.82) is 0 Å². The molecule has 3 heteroatoms. The molecule has 0 saturated carbocycles. The molecule has 1 saturated heterocycles. The van der Waals surface area contributed by atoms with E-state index in [1.165, 1.54) is 19.3 Å². The Morgan fingerprint density at radius 2 is 1.92 bits per heavy atom. The van der Waals surface area contributed by atoms with E-state index >= 15 is 0 Å². The Morgan fingerprint density at radius 1 is 1.31 bits per heavy atom. The Kier molecular flexibility index (Phi) is 5.14. The van der Waals surface area contributed by atoms with E-state index < -0.39 is 0 Å². The highest BCUT2D eigenvalue weighted by Crippen LogP contribution is 2.22. The van der Waals surface area contributed by atoms with Gasteiger partial charge in [-0.15, -0.1) is 0 Å². The molecule has 0 amide bonds. The molecule has 1 aliphatic heterocycles. The Balaban J connectivity index is 2.26. The van der Waals surface area contributed by atoms with Gasteiger partial charge in [0, 0.05) is 18.6 Å². The highest BCUT2D eigenvalue weighted by atomic mass is 32.1. The van der Waals surface area contributed by atoms with Gasteiger partial charge in [-0.1, -0.05) is 6.42 Å². The summed E-state index contributed by atoms with van der Waals surface area (Å²) >= 11 is 3.74. The zero-order chi connectivity index (χ0) is 9.68. The Morgan fingerprint density at radius 3 is 2.46 bits per heavy atom. The predicted molar refractivity (Wildman–Crippen MR) is 59.0 cm³/mol. The zero-order valence-electron chi connectivity index (χ0n) is 8.70. The monoisotopic (exact) mass is 203 g/mol. The lowest BCUT2D eigenvalue weighted by Gasteiger charge is -2.38. The largest absolute Gasteiger partial charge is 0.318 e. The molecule has 0 aromatic carbocycles. The van der Waals surface area contributed by atoms with Gasteiger partial charge < -0.3 is 4.18 Å². The van der Waals surface area contributed by atoms with E-state index in [9.17, 15) is 0 Å². The summed E-state index contributed by atoms with van der Waals surface area (Å²) in [5, 5.41) is 0. The van der Waals surface area contributed by atoms with E-state index in [-0.39, 0.29) is 0 Å². The minimum Gasteiger partial charge on any atom is -0.318 e. The van der Waals surface area contributed by atoms with Gasteiger partial charge in [-0.25, -0.2) is 0 Å². The average molecular weight is 203 g/mol. The van der Waals surface area contributed by atoms with Crippen LogP contribution in [0.1, 0.15) is 39.5 Å². The molecule has 13 heavy (non-hydrogen) atoms. The SMILES string of the molecule is C[C@@H]1CCC[C@H](C)N1CCCOS. The minimum absolute atomic E-state index is 0.753. The van der Waals surface area contributed by atoms with Crippen molar-refractivity contribution in [2.24, 2.45) is 0 Å². The summed E-state index contributed by atoms with van der Waals surface area (Å²) in [6.07, 6.45) is 5.19. The molecule has 0 bridgehead atoms. The first-order valence-electron chi connectivity index (χ1n) is 5.28. The molecular weight excluding hydrogens is 182 g/mol. The molecule has 1 rings (SSSR count). The zero-order valence-corrected chi connectivity index (χ0v) is 9.59. The topological polar surface area (TPSA) is 12.5 Å². The van der Waals surface area contributed by atoms with Crippen molar-refractivity contribution >= 4 is 12.9 Å². The normalized spacial score (nSPS) is 30.7. The standard InChI is InChI=1S/C10H21NOS/c1-9-5-3-6-10(2)11(9)7-4-8-12-13/h9-10,13H,3-8H2,1-2H3/t9-,10+. The second-order valence-electron chi connectivity index (χ2n) is 4.05. The third kappa shape index (κ3) is 3.49. The Bertz CT molecular complexity index is 133. The summed E-state index contributed by atoms with van der Waals surface area (Å²) in [4.78, 5) is 2.59. The third-order valence-corrected chi connectivity index (χ3v) is 3.21. The van der Waals surface area contributed by atoms with Crippen molar-refractivity contribution in [1.82, 2.24) is 4.90 Å². The maximum atomic E-state index is 4.77. The fourth-order valence-corrected chi connectivity index (χ4v) is 2.36. The second kappa shape index (κ2) is 5.89. The number of thiol groups is 1. The van der Waals surface area contributed by atoms with Gasteiger partial charge in [0.2, 0.25) is 0 Å².